The SMILES string of the molecule is COc1cc(C(=O)n2nc(N)cc2-c2cccc(C)c2)cc(OC)c1OC. The molecule has 0 radical (unpaired) electrons. The molecule has 0 aliphatic carbocycles. The molecular formula is C20H21N3O4. The Morgan fingerprint density at radius 1 is 1.00 bits per heavy atom. The van der Waals surface area contributed by atoms with Crippen LogP contribution in [0.25, 0.3) is 11.3 Å². The quantitative estimate of drug-likeness (QED) is 0.745. The average Bonchev–Trinajstić information content (AvgIpc) is 3.07. The van der Waals surface area contributed by atoms with Crippen LogP contribution < -0.4 is 19.9 Å². The predicted octanol–water partition coefficient (Wildman–Crippen LogP) is 3.16. The van der Waals surface area contributed by atoms with Crippen molar-refractivity contribution in [2.75, 3.05) is 27.1 Å². The maximum Gasteiger partial charge on any atom is 0.279 e. The molecule has 0 atom stereocenters. The lowest BCUT2D eigenvalue weighted by atomic mass is 10.1. The summed E-state index contributed by atoms with van der Waals surface area (Å²) >= 11 is 0. The molecule has 1 aromatic heterocycles. The number of nitrogen functional groups attached to an aromatic ring is 1. The van der Waals surface area contributed by atoms with Crippen molar-refractivity contribution < 1.29 is 19.0 Å². The Kier molecular flexibility index (Phi) is 5.03. The molecule has 0 bridgehead atoms. The first-order valence-corrected chi connectivity index (χ1v) is 8.25. The standard InChI is InChI=1S/C20H21N3O4/c1-12-6-5-7-13(8-12)15-11-18(21)22-23(15)20(24)14-9-16(25-2)19(27-4)17(10-14)26-3/h5-11H,1-4H3,(H2,21,22). The molecule has 2 N–H and O–H groups in total. The van der Waals surface area contributed by atoms with Gasteiger partial charge >= 0.3 is 0 Å². The summed E-state index contributed by atoms with van der Waals surface area (Å²) in [6, 6.07) is 12.6. The van der Waals surface area contributed by atoms with Crippen LogP contribution in [0, 0.1) is 6.92 Å². The van der Waals surface area contributed by atoms with Crippen molar-refractivity contribution in [3.63, 3.8) is 0 Å². The van der Waals surface area contributed by atoms with Gasteiger partial charge in [0.25, 0.3) is 5.91 Å². The summed E-state index contributed by atoms with van der Waals surface area (Å²) in [6.07, 6.45) is 0. The molecule has 0 saturated heterocycles. The molecule has 7 nitrogen and oxygen atoms in total. The maximum absolute atomic E-state index is 13.2. The minimum Gasteiger partial charge on any atom is -0.493 e. The van der Waals surface area contributed by atoms with Gasteiger partial charge in [0.2, 0.25) is 5.75 Å². The second-order valence-corrected chi connectivity index (χ2v) is 5.95. The summed E-state index contributed by atoms with van der Waals surface area (Å²) in [5, 5.41) is 4.18. The highest BCUT2D eigenvalue weighted by atomic mass is 16.5. The van der Waals surface area contributed by atoms with Gasteiger partial charge in [-0.15, -0.1) is 5.10 Å². The smallest absolute Gasteiger partial charge is 0.279 e. The molecule has 0 spiro atoms. The minimum absolute atomic E-state index is 0.257. The number of carbonyl (C=O) groups excluding carboxylic acids is 1. The number of hydrogen-bond acceptors (Lipinski definition) is 6. The lowest BCUT2D eigenvalue weighted by molar-refractivity contribution is 0.0946. The van der Waals surface area contributed by atoms with E-state index in [4.69, 9.17) is 19.9 Å². The maximum atomic E-state index is 13.2. The van der Waals surface area contributed by atoms with Gasteiger partial charge < -0.3 is 19.9 Å². The molecule has 7 heteroatoms. The molecule has 140 valence electrons. The number of hydrogen-bond donors (Lipinski definition) is 1. The van der Waals surface area contributed by atoms with E-state index in [0.29, 0.717) is 28.5 Å². The summed E-state index contributed by atoms with van der Waals surface area (Å²) in [5.41, 5.74) is 8.73. The molecular weight excluding hydrogens is 346 g/mol. The highest BCUT2D eigenvalue weighted by Gasteiger charge is 2.21. The molecule has 0 amide bonds. The fourth-order valence-corrected chi connectivity index (χ4v) is 2.89. The van der Waals surface area contributed by atoms with Crippen LogP contribution in [-0.2, 0) is 0 Å². The Bertz CT molecular complexity index is 970. The Morgan fingerprint density at radius 3 is 2.22 bits per heavy atom. The first-order valence-electron chi connectivity index (χ1n) is 8.25. The van der Waals surface area contributed by atoms with Gasteiger partial charge in [-0.05, 0) is 25.1 Å². The van der Waals surface area contributed by atoms with E-state index in [2.05, 4.69) is 5.10 Å². The second kappa shape index (κ2) is 7.41. The van der Waals surface area contributed by atoms with Gasteiger partial charge in [-0.25, -0.2) is 0 Å². The Morgan fingerprint density at radius 2 is 1.67 bits per heavy atom. The summed E-state index contributed by atoms with van der Waals surface area (Å²) < 4.78 is 17.2. The van der Waals surface area contributed by atoms with E-state index < -0.39 is 0 Å². The highest BCUT2D eigenvalue weighted by molar-refractivity contribution is 5.99. The van der Waals surface area contributed by atoms with Gasteiger partial charge in [0.15, 0.2) is 11.5 Å². The number of anilines is 1. The van der Waals surface area contributed by atoms with Crippen LogP contribution in [0.2, 0.25) is 0 Å². The van der Waals surface area contributed by atoms with Crippen LogP contribution in [0.15, 0.2) is 42.5 Å². The molecule has 3 aromatic rings. The predicted molar refractivity (Wildman–Crippen MR) is 103 cm³/mol. The first kappa shape index (κ1) is 18.3. The van der Waals surface area contributed by atoms with Crippen LogP contribution in [0.4, 0.5) is 5.82 Å². The van der Waals surface area contributed by atoms with E-state index in [1.165, 1.54) is 26.0 Å². The lowest BCUT2D eigenvalue weighted by Crippen LogP contribution is -2.16. The third kappa shape index (κ3) is 3.44. The number of nitrogens with zero attached hydrogens (tertiary/aromatic N) is 2. The molecule has 0 saturated carbocycles. The minimum atomic E-state index is -0.359. The van der Waals surface area contributed by atoms with Crippen LogP contribution >= 0.6 is 0 Å². The molecule has 2 aromatic carbocycles. The van der Waals surface area contributed by atoms with Crippen LogP contribution in [0.5, 0.6) is 17.2 Å². The lowest BCUT2D eigenvalue weighted by Gasteiger charge is -2.14. The van der Waals surface area contributed by atoms with E-state index >= 15 is 0 Å². The summed E-state index contributed by atoms with van der Waals surface area (Å²) in [6.45, 7) is 1.98. The monoisotopic (exact) mass is 367 g/mol. The van der Waals surface area contributed by atoms with Crippen molar-refractivity contribution in [3.8, 4) is 28.5 Å². The molecule has 1 heterocycles. The van der Waals surface area contributed by atoms with Crippen molar-refractivity contribution in [2.45, 2.75) is 6.92 Å². The first-order chi connectivity index (χ1) is 13.0. The van der Waals surface area contributed by atoms with Gasteiger partial charge in [-0.3, -0.25) is 4.79 Å². The van der Waals surface area contributed by atoms with Gasteiger partial charge in [-0.1, -0.05) is 23.8 Å². The van der Waals surface area contributed by atoms with Crippen molar-refractivity contribution in [3.05, 3.63) is 53.6 Å². The Hall–Kier alpha value is -3.48. The Labute approximate surface area is 157 Å². The van der Waals surface area contributed by atoms with Crippen LogP contribution in [0.1, 0.15) is 15.9 Å². The van der Waals surface area contributed by atoms with Crippen LogP contribution in [0.3, 0.4) is 0 Å². The topological polar surface area (TPSA) is 88.6 Å². The van der Waals surface area contributed by atoms with E-state index in [9.17, 15) is 4.79 Å². The van der Waals surface area contributed by atoms with Gasteiger partial charge in [-0.2, -0.15) is 4.68 Å². The van der Waals surface area contributed by atoms with E-state index in [0.717, 1.165) is 11.1 Å². The number of aromatic nitrogens is 2. The third-order valence-electron chi connectivity index (χ3n) is 4.15. The number of methoxy groups -OCH3 is 3. The van der Waals surface area contributed by atoms with Crippen molar-refractivity contribution >= 4 is 11.7 Å². The molecule has 0 aliphatic heterocycles. The highest BCUT2D eigenvalue weighted by Crippen LogP contribution is 2.38. The number of ether oxygens (including phenoxy) is 3. The van der Waals surface area contributed by atoms with Gasteiger partial charge in [0.1, 0.15) is 5.82 Å². The second-order valence-electron chi connectivity index (χ2n) is 5.95. The Balaban J connectivity index is 2.12. The molecule has 0 aliphatic rings. The van der Waals surface area contributed by atoms with Crippen molar-refractivity contribution in [1.29, 1.82) is 0 Å². The normalized spacial score (nSPS) is 10.5. The number of aryl methyl sites for hydroxylation is 1. The van der Waals surface area contributed by atoms with E-state index in [1.54, 1.807) is 18.2 Å². The molecule has 3 rings (SSSR count). The fourth-order valence-electron chi connectivity index (χ4n) is 2.89. The summed E-state index contributed by atoms with van der Waals surface area (Å²) in [4.78, 5) is 13.2. The largest absolute Gasteiger partial charge is 0.493 e. The number of rotatable bonds is 5. The van der Waals surface area contributed by atoms with Gasteiger partial charge in [0.05, 0.1) is 27.0 Å². The zero-order valence-electron chi connectivity index (χ0n) is 15.6. The molecule has 27 heavy (non-hydrogen) atoms. The zero-order valence-corrected chi connectivity index (χ0v) is 15.6. The summed E-state index contributed by atoms with van der Waals surface area (Å²) in [7, 11) is 4.50. The molecule has 0 unspecified atom stereocenters. The zero-order chi connectivity index (χ0) is 19.6. The van der Waals surface area contributed by atoms with Crippen LogP contribution in [-0.4, -0.2) is 37.0 Å². The van der Waals surface area contributed by atoms with Gasteiger partial charge in [0, 0.05) is 17.2 Å². The van der Waals surface area contributed by atoms with E-state index in [1.807, 2.05) is 31.2 Å². The number of benzene rings is 2. The van der Waals surface area contributed by atoms with Crippen molar-refractivity contribution in [1.82, 2.24) is 9.78 Å². The van der Waals surface area contributed by atoms with Crippen molar-refractivity contribution in [2.24, 2.45) is 0 Å². The molecule has 0 fully saturated rings. The number of nitrogens with two attached hydrogens (primary N) is 1. The van der Waals surface area contributed by atoms with E-state index in [-0.39, 0.29) is 11.7 Å². The number of carbonyl (C=O) groups is 1. The third-order valence-corrected chi connectivity index (χ3v) is 4.15. The summed E-state index contributed by atoms with van der Waals surface area (Å²) in [5.74, 6) is 1.08. The fraction of sp³-hybridized carbons (Fsp3) is 0.200. The average molecular weight is 367 g/mol.